The Bertz CT molecular complexity index is 1620. The topological polar surface area (TPSA) is 70.9 Å². The predicted octanol–water partition coefficient (Wildman–Crippen LogP) is 5.22. The number of hydrogen-bond acceptors (Lipinski definition) is 6. The molecule has 1 saturated heterocycles. The van der Waals surface area contributed by atoms with Crippen LogP contribution >= 0.6 is 11.6 Å². The fourth-order valence-electron chi connectivity index (χ4n) is 6.13. The van der Waals surface area contributed by atoms with Gasteiger partial charge in [0, 0.05) is 54.3 Å². The van der Waals surface area contributed by atoms with Crippen molar-refractivity contribution in [1.29, 1.82) is 0 Å². The number of ether oxygens (including phenoxy) is 1. The Labute approximate surface area is 253 Å². The largest absolute Gasteiger partial charge is 0.488 e. The first kappa shape index (κ1) is 30.9. The van der Waals surface area contributed by atoms with Crippen molar-refractivity contribution in [2.24, 2.45) is 0 Å². The van der Waals surface area contributed by atoms with E-state index in [0.29, 0.717) is 55.7 Å². The second-order valence-electron chi connectivity index (χ2n) is 11.3. The van der Waals surface area contributed by atoms with Gasteiger partial charge in [-0.25, -0.2) is 18.0 Å². The van der Waals surface area contributed by atoms with Crippen LogP contribution in [0.3, 0.4) is 0 Å². The molecule has 230 valence electrons. The van der Waals surface area contributed by atoms with Crippen molar-refractivity contribution in [3.63, 3.8) is 0 Å². The minimum Gasteiger partial charge on any atom is -0.488 e. The molecule has 2 aliphatic rings. The molecular formula is C31H35ClF3N5O3. The number of anilines is 1. The number of rotatable bonds is 9. The number of benzene rings is 2. The van der Waals surface area contributed by atoms with Crippen LogP contribution in [0.2, 0.25) is 5.02 Å². The summed E-state index contributed by atoms with van der Waals surface area (Å²) in [7, 11) is 1.84. The summed E-state index contributed by atoms with van der Waals surface area (Å²) >= 11 is 6.82. The lowest BCUT2D eigenvalue weighted by Gasteiger charge is -2.45. The molecule has 43 heavy (non-hydrogen) atoms. The lowest BCUT2D eigenvalue weighted by atomic mass is 9.98. The van der Waals surface area contributed by atoms with Gasteiger partial charge in [-0.1, -0.05) is 18.2 Å². The molecule has 12 heteroatoms. The molecule has 1 fully saturated rings. The summed E-state index contributed by atoms with van der Waals surface area (Å²) in [5, 5.41) is 0.710. The van der Waals surface area contributed by atoms with Crippen molar-refractivity contribution in [3.05, 3.63) is 64.1 Å². The van der Waals surface area contributed by atoms with Crippen LogP contribution in [0.25, 0.3) is 22.0 Å². The van der Waals surface area contributed by atoms with Gasteiger partial charge in [-0.15, -0.1) is 0 Å². The van der Waals surface area contributed by atoms with Gasteiger partial charge in [-0.05, 0) is 64.6 Å². The van der Waals surface area contributed by atoms with Crippen LogP contribution < -0.4 is 15.3 Å². The van der Waals surface area contributed by atoms with Gasteiger partial charge in [0.05, 0.1) is 16.6 Å². The summed E-state index contributed by atoms with van der Waals surface area (Å²) < 4.78 is 49.6. The van der Waals surface area contributed by atoms with E-state index in [4.69, 9.17) is 16.3 Å². The highest BCUT2D eigenvalue weighted by atomic mass is 35.5. The third kappa shape index (κ3) is 5.84. The van der Waals surface area contributed by atoms with E-state index in [0.717, 1.165) is 12.1 Å². The average molecular weight is 618 g/mol. The first-order chi connectivity index (χ1) is 20.5. The molecule has 0 unspecified atom stereocenters. The zero-order valence-corrected chi connectivity index (χ0v) is 25.2. The number of piperazine rings is 1. The van der Waals surface area contributed by atoms with Crippen molar-refractivity contribution in [2.45, 2.75) is 44.8 Å². The van der Waals surface area contributed by atoms with Crippen molar-refractivity contribution in [2.75, 3.05) is 51.4 Å². The number of alkyl halides is 1. The second kappa shape index (κ2) is 12.6. The summed E-state index contributed by atoms with van der Waals surface area (Å²) in [6.45, 7) is 8.87. The second-order valence-corrected chi connectivity index (χ2v) is 11.7. The molecular weight excluding hydrogens is 583 g/mol. The lowest BCUT2D eigenvalue weighted by Crippen LogP contribution is -2.58. The molecule has 0 N–H and O–H groups in total. The van der Waals surface area contributed by atoms with Crippen LogP contribution in [-0.4, -0.2) is 83.8 Å². The molecule has 0 spiro atoms. The predicted molar refractivity (Wildman–Crippen MR) is 162 cm³/mol. The fourth-order valence-corrected chi connectivity index (χ4v) is 6.43. The summed E-state index contributed by atoms with van der Waals surface area (Å²) in [5.74, 6) is -1.10. The quantitative estimate of drug-likeness (QED) is 0.307. The van der Waals surface area contributed by atoms with Crippen molar-refractivity contribution in [3.8, 4) is 16.9 Å². The van der Waals surface area contributed by atoms with Gasteiger partial charge in [-0.3, -0.25) is 9.36 Å². The highest BCUT2D eigenvalue weighted by Gasteiger charge is 2.36. The van der Waals surface area contributed by atoms with Crippen LogP contribution in [0.15, 0.2) is 41.7 Å². The number of halogens is 4. The molecule has 0 saturated carbocycles. The van der Waals surface area contributed by atoms with E-state index in [1.165, 1.54) is 12.1 Å². The molecule has 3 atom stereocenters. The van der Waals surface area contributed by atoms with E-state index >= 15 is 4.39 Å². The summed E-state index contributed by atoms with van der Waals surface area (Å²) in [4.78, 5) is 36.4. The van der Waals surface area contributed by atoms with Gasteiger partial charge in [0.25, 0.3) is 0 Å². The van der Waals surface area contributed by atoms with Gasteiger partial charge in [0.15, 0.2) is 5.75 Å². The van der Waals surface area contributed by atoms with E-state index in [-0.39, 0.29) is 52.5 Å². The van der Waals surface area contributed by atoms with Crippen LogP contribution in [-0.2, 0) is 4.79 Å². The van der Waals surface area contributed by atoms with Crippen LogP contribution in [0.4, 0.5) is 19.0 Å². The SMILES string of the molecule is C=CC(=O)N1C[C@H](C)N(c2nc(=O)n3c4c(c(-c5ccc(F)cc5F)c(Cl)cc24)OC[C@H]3CCCN(C)CCF)C[C@H]1C. The first-order valence-corrected chi connectivity index (χ1v) is 14.7. The van der Waals surface area contributed by atoms with Crippen LogP contribution in [0.5, 0.6) is 5.75 Å². The Kier molecular flexibility index (Phi) is 9.03. The van der Waals surface area contributed by atoms with Gasteiger partial charge in [0.2, 0.25) is 5.91 Å². The molecule has 5 rings (SSSR count). The van der Waals surface area contributed by atoms with Crippen molar-refractivity contribution >= 4 is 34.2 Å². The molecule has 0 radical (unpaired) electrons. The number of amides is 1. The third-order valence-corrected chi connectivity index (χ3v) is 8.64. The van der Waals surface area contributed by atoms with E-state index in [1.807, 2.05) is 30.7 Å². The summed E-state index contributed by atoms with van der Waals surface area (Å²) in [6, 6.07) is 4.09. The van der Waals surface area contributed by atoms with E-state index in [1.54, 1.807) is 15.5 Å². The minimum absolute atomic E-state index is 0.0468. The van der Waals surface area contributed by atoms with Gasteiger partial charge in [0.1, 0.15) is 30.7 Å². The van der Waals surface area contributed by atoms with E-state index in [9.17, 15) is 18.4 Å². The summed E-state index contributed by atoms with van der Waals surface area (Å²) in [5.41, 5.74) is 0.203. The monoisotopic (exact) mass is 617 g/mol. The van der Waals surface area contributed by atoms with E-state index < -0.39 is 24.0 Å². The number of carbonyl (C=O) groups is 1. The number of nitrogens with zero attached hydrogens (tertiary/aromatic N) is 5. The average Bonchev–Trinajstić information content (AvgIpc) is 2.96. The maximum Gasteiger partial charge on any atom is 0.350 e. The highest BCUT2D eigenvalue weighted by Crippen LogP contribution is 2.47. The Morgan fingerprint density at radius 3 is 2.67 bits per heavy atom. The van der Waals surface area contributed by atoms with E-state index in [2.05, 4.69) is 11.6 Å². The standard InChI is InChI=1S/C31H35ClF3N5O3/c1-5-26(41)38-15-19(3)39(16-18(38)2)30-23-14-24(32)27(22-9-8-20(34)13-25(22)35)29-28(23)40(31(42)36-30)21(17-43-29)7-6-11-37(4)12-10-33/h5,8-9,13-14,18-19,21H,1,6-7,10-12,15-17H2,2-4H3/t18-,19+,21-/m1/s1. The van der Waals surface area contributed by atoms with Gasteiger partial charge in [-0.2, -0.15) is 4.98 Å². The van der Waals surface area contributed by atoms with Crippen molar-refractivity contribution < 1.29 is 22.7 Å². The molecule has 8 nitrogen and oxygen atoms in total. The van der Waals surface area contributed by atoms with Crippen LogP contribution in [0, 0.1) is 11.6 Å². The highest BCUT2D eigenvalue weighted by molar-refractivity contribution is 6.35. The molecule has 3 aromatic rings. The Hall–Kier alpha value is -3.57. The molecule has 1 aromatic heterocycles. The molecule has 2 aromatic carbocycles. The van der Waals surface area contributed by atoms with Crippen LogP contribution in [0.1, 0.15) is 32.7 Å². The Morgan fingerprint density at radius 1 is 1.21 bits per heavy atom. The van der Waals surface area contributed by atoms with Gasteiger partial charge < -0.3 is 19.4 Å². The first-order valence-electron chi connectivity index (χ1n) is 14.4. The fraction of sp³-hybridized carbons (Fsp3) is 0.452. The molecule has 3 heterocycles. The number of carbonyl (C=O) groups excluding carboxylic acids is 1. The molecule has 1 amide bonds. The molecule has 0 bridgehead atoms. The maximum absolute atomic E-state index is 15.1. The Morgan fingerprint density at radius 2 is 1.98 bits per heavy atom. The Balaban J connectivity index is 1.67. The van der Waals surface area contributed by atoms with Gasteiger partial charge >= 0.3 is 5.69 Å². The number of hydrogen-bond donors (Lipinski definition) is 0. The summed E-state index contributed by atoms with van der Waals surface area (Å²) in [6.07, 6.45) is 2.52. The minimum atomic E-state index is -0.812. The maximum atomic E-state index is 15.1. The lowest BCUT2D eigenvalue weighted by molar-refractivity contribution is -0.128. The normalized spacial score (nSPS) is 20.0. The molecule has 2 aliphatic heterocycles. The zero-order valence-electron chi connectivity index (χ0n) is 24.5. The number of aromatic nitrogens is 2. The van der Waals surface area contributed by atoms with Crippen molar-refractivity contribution in [1.82, 2.24) is 19.4 Å². The third-order valence-electron chi connectivity index (χ3n) is 8.34. The smallest absolute Gasteiger partial charge is 0.350 e. The zero-order chi connectivity index (χ0) is 31.0. The molecule has 0 aliphatic carbocycles.